The zero-order valence-electron chi connectivity index (χ0n) is 19.1. The lowest BCUT2D eigenvalue weighted by Gasteiger charge is -2.49. The van der Waals surface area contributed by atoms with E-state index < -0.39 is 30.5 Å². The quantitative estimate of drug-likeness (QED) is 0.500. The van der Waals surface area contributed by atoms with Crippen LogP contribution < -0.4 is 15.5 Å². The van der Waals surface area contributed by atoms with Gasteiger partial charge < -0.3 is 9.80 Å². The predicted octanol–water partition coefficient (Wildman–Crippen LogP) is 2.71. The molecule has 0 aliphatic carbocycles. The van der Waals surface area contributed by atoms with Gasteiger partial charge in [-0.05, 0) is 20.3 Å². The molecule has 3 aromatic rings. The number of nitrogens with zero attached hydrogens (tertiary/aromatic N) is 8. The Morgan fingerprint density at radius 3 is 2.43 bits per heavy atom. The monoisotopic (exact) mass is 498 g/mol. The van der Waals surface area contributed by atoms with Crippen LogP contribution in [-0.2, 0) is 19.3 Å². The maximum Gasteiger partial charge on any atom is 0.435 e. The molecule has 35 heavy (non-hydrogen) atoms. The van der Waals surface area contributed by atoms with E-state index in [0.29, 0.717) is 50.6 Å². The molecule has 188 valence electrons. The van der Waals surface area contributed by atoms with Gasteiger partial charge in [-0.25, -0.2) is 28.5 Å². The maximum atomic E-state index is 13.5. The summed E-state index contributed by atoms with van der Waals surface area (Å²) in [5, 5.41) is 0. The SMILES string of the molecule is CCn1c(=O)n(CC(F)F)c2nc(N3CCC4(C3)CN(c3cnc(C)nc3C(F)(F)F)C4)ncc21. The van der Waals surface area contributed by atoms with Gasteiger partial charge in [0.25, 0.3) is 6.43 Å². The minimum atomic E-state index is -4.58. The first-order valence-corrected chi connectivity index (χ1v) is 11.2. The Labute approximate surface area is 196 Å². The number of fused-ring (bicyclic) bond motifs is 1. The summed E-state index contributed by atoms with van der Waals surface area (Å²) in [6.45, 7) is 4.51. The van der Waals surface area contributed by atoms with Gasteiger partial charge >= 0.3 is 11.9 Å². The van der Waals surface area contributed by atoms with E-state index in [9.17, 15) is 26.7 Å². The molecule has 0 atom stereocenters. The van der Waals surface area contributed by atoms with Crippen molar-refractivity contribution in [3.05, 3.63) is 34.4 Å². The van der Waals surface area contributed by atoms with Gasteiger partial charge in [-0.3, -0.25) is 9.13 Å². The lowest BCUT2D eigenvalue weighted by Crippen LogP contribution is -2.58. The van der Waals surface area contributed by atoms with Crippen LogP contribution in [0.4, 0.5) is 33.6 Å². The van der Waals surface area contributed by atoms with E-state index >= 15 is 0 Å². The average Bonchev–Trinajstić information content (AvgIpc) is 3.32. The second-order valence-corrected chi connectivity index (χ2v) is 9.08. The molecule has 0 amide bonds. The van der Waals surface area contributed by atoms with Crippen LogP contribution in [0.5, 0.6) is 0 Å². The molecular weight excluding hydrogens is 475 g/mol. The van der Waals surface area contributed by atoms with Gasteiger partial charge in [0.1, 0.15) is 11.3 Å². The first-order chi connectivity index (χ1) is 16.5. The van der Waals surface area contributed by atoms with Crippen LogP contribution in [0.2, 0.25) is 0 Å². The Balaban J connectivity index is 1.37. The Hall–Kier alpha value is -3.32. The molecule has 1 spiro atoms. The molecule has 0 aromatic carbocycles. The minimum Gasteiger partial charge on any atom is -0.367 e. The van der Waals surface area contributed by atoms with Gasteiger partial charge in [0.2, 0.25) is 5.95 Å². The fraction of sp³-hybridized carbons (Fsp3) is 0.571. The number of hydrogen-bond acceptors (Lipinski definition) is 7. The molecular formula is C21H23F5N8O. The number of aromatic nitrogens is 6. The number of aryl methyl sites for hydroxylation is 2. The highest BCUT2D eigenvalue weighted by atomic mass is 19.4. The first-order valence-electron chi connectivity index (χ1n) is 11.2. The molecule has 0 unspecified atom stereocenters. The summed E-state index contributed by atoms with van der Waals surface area (Å²) in [7, 11) is 0. The van der Waals surface area contributed by atoms with E-state index in [1.165, 1.54) is 23.9 Å². The maximum absolute atomic E-state index is 13.5. The number of imidazole rings is 1. The third-order valence-electron chi connectivity index (χ3n) is 6.66. The molecule has 2 fully saturated rings. The van der Waals surface area contributed by atoms with Crippen LogP contribution in [-0.4, -0.2) is 61.7 Å². The molecule has 2 aliphatic rings. The Kier molecular flexibility index (Phi) is 5.44. The zero-order chi connectivity index (χ0) is 25.1. The highest BCUT2D eigenvalue weighted by Gasteiger charge is 2.50. The smallest absolute Gasteiger partial charge is 0.367 e. The summed E-state index contributed by atoms with van der Waals surface area (Å²) in [6.07, 6.45) is -3.92. The van der Waals surface area contributed by atoms with Crippen molar-refractivity contribution in [1.29, 1.82) is 0 Å². The summed E-state index contributed by atoms with van der Waals surface area (Å²) in [5.74, 6) is 0.358. The number of rotatable bonds is 5. The Bertz CT molecular complexity index is 1330. The van der Waals surface area contributed by atoms with E-state index in [-0.39, 0.29) is 22.6 Å². The van der Waals surface area contributed by atoms with Crippen molar-refractivity contribution in [1.82, 2.24) is 29.1 Å². The molecule has 0 saturated carbocycles. The second kappa shape index (κ2) is 8.12. The molecule has 0 bridgehead atoms. The van der Waals surface area contributed by atoms with E-state index in [1.54, 1.807) is 11.8 Å². The van der Waals surface area contributed by atoms with Crippen molar-refractivity contribution in [2.45, 2.75) is 46.0 Å². The van der Waals surface area contributed by atoms with Crippen LogP contribution in [0.25, 0.3) is 11.2 Å². The van der Waals surface area contributed by atoms with Crippen molar-refractivity contribution >= 4 is 22.8 Å². The fourth-order valence-electron chi connectivity index (χ4n) is 5.05. The lowest BCUT2D eigenvalue weighted by molar-refractivity contribution is -0.141. The van der Waals surface area contributed by atoms with Crippen LogP contribution in [0.3, 0.4) is 0 Å². The molecule has 5 rings (SSSR count). The molecule has 0 N–H and O–H groups in total. The van der Waals surface area contributed by atoms with Crippen LogP contribution in [0.15, 0.2) is 17.2 Å². The van der Waals surface area contributed by atoms with Crippen molar-refractivity contribution in [2.75, 3.05) is 36.0 Å². The summed E-state index contributed by atoms with van der Waals surface area (Å²) in [6, 6.07) is 0. The highest BCUT2D eigenvalue weighted by molar-refractivity contribution is 5.72. The molecule has 3 aromatic heterocycles. The van der Waals surface area contributed by atoms with Crippen LogP contribution >= 0.6 is 0 Å². The molecule has 14 heteroatoms. The van der Waals surface area contributed by atoms with E-state index in [0.717, 1.165) is 4.57 Å². The van der Waals surface area contributed by atoms with Crippen molar-refractivity contribution in [2.24, 2.45) is 5.41 Å². The number of hydrogen-bond donors (Lipinski definition) is 0. The average molecular weight is 498 g/mol. The van der Waals surface area contributed by atoms with Gasteiger partial charge in [0.15, 0.2) is 11.3 Å². The number of alkyl halides is 5. The van der Waals surface area contributed by atoms with Crippen LogP contribution in [0.1, 0.15) is 24.9 Å². The van der Waals surface area contributed by atoms with Crippen molar-refractivity contribution < 1.29 is 22.0 Å². The summed E-state index contributed by atoms with van der Waals surface area (Å²) in [5.41, 5.74) is -1.29. The molecule has 0 radical (unpaired) electrons. The summed E-state index contributed by atoms with van der Waals surface area (Å²) in [4.78, 5) is 32.4. The Morgan fingerprint density at radius 1 is 1.06 bits per heavy atom. The second-order valence-electron chi connectivity index (χ2n) is 9.08. The third-order valence-corrected chi connectivity index (χ3v) is 6.66. The summed E-state index contributed by atoms with van der Waals surface area (Å²) < 4.78 is 68.9. The molecule has 2 aliphatic heterocycles. The topological polar surface area (TPSA) is 85.0 Å². The largest absolute Gasteiger partial charge is 0.435 e. The Morgan fingerprint density at radius 2 is 1.77 bits per heavy atom. The molecule has 9 nitrogen and oxygen atoms in total. The van der Waals surface area contributed by atoms with Crippen molar-refractivity contribution in [3.63, 3.8) is 0 Å². The van der Waals surface area contributed by atoms with Gasteiger partial charge in [0, 0.05) is 38.1 Å². The fourth-order valence-corrected chi connectivity index (χ4v) is 5.05. The third kappa shape index (κ3) is 3.97. The molecule has 2 saturated heterocycles. The van der Waals surface area contributed by atoms with Gasteiger partial charge in [0.05, 0.1) is 24.6 Å². The first kappa shape index (κ1) is 23.4. The van der Waals surface area contributed by atoms with Gasteiger partial charge in [-0.15, -0.1) is 0 Å². The van der Waals surface area contributed by atoms with E-state index in [1.807, 2.05) is 4.90 Å². The lowest BCUT2D eigenvalue weighted by atomic mass is 9.78. The summed E-state index contributed by atoms with van der Waals surface area (Å²) >= 11 is 0. The van der Waals surface area contributed by atoms with Gasteiger partial charge in [-0.2, -0.15) is 18.2 Å². The standard InChI is InChI=1S/C21H23F5N8O/c1-3-33-14-7-28-18(30-17(14)34(19(33)35)8-15(22)23)31-5-4-20(9-31)10-32(11-20)13-6-27-12(2)29-16(13)21(24,25)26/h6-7,15H,3-5,8-11H2,1-2H3. The van der Waals surface area contributed by atoms with Crippen molar-refractivity contribution in [3.8, 4) is 0 Å². The number of anilines is 2. The van der Waals surface area contributed by atoms with E-state index in [2.05, 4.69) is 19.9 Å². The normalized spacial score (nSPS) is 17.7. The zero-order valence-corrected chi connectivity index (χ0v) is 19.1. The predicted molar refractivity (Wildman–Crippen MR) is 117 cm³/mol. The molecule has 5 heterocycles. The van der Waals surface area contributed by atoms with E-state index in [4.69, 9.17) is 0 Å². The minimum absolute atomic E-state index is 0.0400. The number of halogens is 5. The van der Waals surface area contributed by atoms with Crippen LogP contribution in [0, 0.1) is 12.3 Å². The highest BCUT2D eigenvalue weighted by Crippen LogP contribution is 2.45. The van der Waals surface area contributed by atoms with Gasteiger partial charge in [-0.1, -0.05) is 0 Å².